The molecule has 0 aliphatic carbocycles. The molecule has 17 heavy (non-hydrogen) atoms. The van der Waals surface area contributed by atoms with Crippen molar-refractivity contribution in [1.82, 2.24) is 19.2 Å². The standard InChI is InChI=1S/C10H13N5OS/c1-2-16-8-3-7(4-12-5-8)10(14-11)9-6-13-17-15-9/h3-6,10,14H,2,11H2,1H3. The van der Waals surface area contributed by atoms with Crippen LogP contribution in [0.15, 0.2) is 24.7 Å². The molecule has 0 aliphatic rings. The Morgan fingerprint density at radius 2 is 2.35 bits per heavy atom. The molecule has 0 saturated heterocycles. The van der Waals surface area contributed by atoms with E-state index in [0.717, 1.165) is 23.0 Å². The second-order valence-electron chi connectivity index (χ2n) is 3.32. The second kappa shape index (κ2) is 5.67. The topological polar surface area (TPSA) is 86.0 Å². The molecule has 0 radical (unpaired) electrons. The van der Waals surface area contributed by atoms with E-state index in [1.807, 2.05) is 13.0 Å². The molecule has 2 rings (SSSR count). The molecular weight excluding hydrogens is 238 g/mol. The molecule has 0 fully saturated rings. The number of ether oxygens (including phenoxy) is 1. The molecule has 0 saturated carbocycles. The van der Waals surface area contributed by atoms with Crippen molar-refractivity contribution >= 4 is 11.7 Å². The summed E-state index contributed by atoms with van der Waals surface area (Å²) in [6, 6.07) is 1.67. The summed E-state index contributed by atoms with van der Waals surface area (Å²) in [5.41, 5.74) is 4.36. The first kappa shape index (κ1) is 11.9. The Balaban J connectivity index is 2.28. The van der Waals surface area contributed by atoms with Gasteiger partial charge in [-0.1, -0.05) is 0 Å². The Hall–Kier alpha value is -1.57. The fraction of sp³-hybridized carbons (Fsp3) is 0.300. The number of hydrazine groups is 1. The highest BCUT2D eigenvalue weighted by atomic mass is 32.1. The van der Waals surface area contributed by atoms with E-state index in [9.17, 15) is 0 Å². The molecule has 1 unspecified atom stereocenters. The maximum absolute atomic E-state index is 5.54. The lowest BCUT2D eigenvalue weighted by atomic mass is 10.1. The Morgan fingerprint density at radius 3 is 3.00 bits per heavy atom. The third-order valence-electron chi connectivity index (χ3n) is 2.22. The molecule has 2 aromatic heterocycles. The number of nitrogens with one attached hydrogen (secondary N) is 1. The Kier molecular flexibility index (Phi) is 3.97. The summed E-state index contributed by atoms with van der Waals surface area (Å²) in [6.07, 6.45) is 5.08. The minimum Gasteiger partial charge on any atom is -0.492 e. The van der Waals surface area contributed by atoms with Crippen LogP contribution in [-0.4, -0.2) is 20.3 Å². The summed E-state index contributed by atoms with van der Waals surface area (Å²) in [5, 5.41) is 0. The van der Waals surface area contributed by atoms with E-state index in [1.54, 1.807) is 18.6 Å². The minimum atomic E-state index is -0.221. The average Bonchev–Trinajstić information content (AvgIpc) is 2.85. The summed E-state index contributed by atoms with van der Waals surface area (Å²) in [5.74, 6) is 6.25. The summed E-state index contributed by atoms with van der Waals surface area (Å²) in [6.45, 7) is 2.53. The third kappa shape index (κ3) is 2.76. The van der Waals surface area contributed by atoms with Crippen molar-refractivity contribution in [2.75, 3.05) is 6.61 Å². The van der Waals surface area contributed by atoms with Gasteiger partial charge >= 0.3 is 0 Å². The normalized spacial score (nSPS) is 12.4. The number of aromatic nitrogens is 3. The molecule has 6 nitrogen and oxygen atoms in total. The lowest BCUT2D eigenvalue weighted by Crippen LogP contribution is -2.29. The van der Waals surface area contributed by atoms with Crippen molar-refractivity contribution in [3.8, 4) is 5.75 Å². The number of nitrogens with two attached hydrogens (primary N) is 1. The van der Waals surface area contributed by atoms with Crippen LogP contribution in [0.4, 0.5) is 0 Å². The third-order valence-corrected chi connectivity index (χ3v) is 2.71. The van der Waals surface area contributed by atoms with Crippen LogP contribution in [0, 0.1) is 0 Å². The summed E-state index contributed by atoms with van der Waals surface area (Å²) in [4.78, 5) is 4.12. The molecule has 0 spiro atoms. The van der Waals surface area contributed by atoms with Gasteiger partial charge < -0.3 is 4.74 Å². The van der Waals surface area contributed by atoms with Crippen molar-refractivity contribution in [1.29, 1.82) is 0 Å². The van der Waals surface area contributed by atoms with Crippen LogP contribution in [0.1, 0.15) is 24.2 Å². The van der Waals surface area contributed by atoms with Gasteiger partial charge in [-0.25, -0.2) is 5.43 Å². The van der Waals surface area contributed by atoms with E-state index >= 15 is 0 Å². The highest BCUT2D eigenvalue weighted by molar-refractivity contribution is 6.99. The molecular formula is C10H13N5OS. The highest BCUT2D eigenvalue weighted by Gasteiger charge is 2.16. The number of nitrogens with zero attached hydrogens (tertiary/aromatic N) is 3. The molecule has 0 aromatic carbocycles. The van der Waals surface area contributed by atoms with Crippen molar-refractivity contribution in [3.63, 3.8) is 0 Å². The van der Waals surface area contributed by atoms with E-state index in [0.29, 0.717) is 12.4 Å². The Morgan fingerprint density at radius 1 is 1.47 bits per heavy atom. The maximum Gasteiger partial charge on any atom is 0.137 e. The predicted octanol–water partition coefficient (Wildman–Crippen LogP) is 0.885. The molecule has 0 bridgehead atoms. The zero-order chi connectivity index (χ0) is 12.1. The second-order valence-corrected chi connectivity index (χ2v) is 3.88. The fourth-order valence-electron chi connectivity index (χ4n) is 1.49. The first-order chi connectivity index (χ1) is 8.35. The van der Waals surface area contributed by atoms with Crippen molar-refractivity contribution < 1.29 is 4.74 Å². The zero-order valence-corrected chi connectivity index (χ0v) is 10.1. The van der Waals surface area contributed by atoms with Crippen LogP contribution in [0.3, 0.4) is 0 Å². The largest absolute Gasteiger partial charge is 0.492 e. The maximum atomic E-state index is 5.54. The van der Waals surface area contributed by atoms with Crippen LogP contribution in [0.5, 0.6) is 5.75 Å². The fourth-order valence-corrected chi connectivity index (χ4v) is 1.94. The first-order valence-corrected chi connectivity index (χ1v) is 5.89. The van der Waals surface area contributed by atoms with Gasteiger partial charge in [0.05, 0.1) is 42.5 Å². The van der Waals surface area contributed by atoms with Crippen LogP contribution in [-0.2, 0) is 0 Å². The van der Waals surface area contributed by atoms with Gasteiger partial charge in [0.1, 0.15) is 5.75 Å². The van der Waals surface area contributed by atoms with Gasteiger partial charge in [-0.05, 0) is 18.6 Å². The predicted molar refractivity (Wildman–Crippen MR) is 64.5 cm³/mol. The van der Waals surface area contributed by atoms with Gasteiger partial charge in [-0.3, -0.25) is 10.8 Å². The van der Waals surface area contributed by atoms with Crippen molar-refractivity contribution in [3.05, 3.63) is 35.9 Å². The van der Waals surface area contributed by atoms with Crippen LogP contribution in [0.2, 0.25) is 0 Å². The number of pyridine rings is 1. The van der Waals surface area contributed by atoms with E-state index in [2.05, 4.69) is 19.2 Å². The van der Waals surface area contributed by atoms with E-state index < -0.39 is 0 Å². The van der Waals surface area contributed by atoms with E-state index in [4.69, 9.17) is 10.6 Å². The van der Waals surface area contributed by atoms with Gasteiger partial charge in [0.2, 0.25) is 0 Å². The Labute approximate surface area is 103 Å². The summed E-state index contributed by atoms with van der Waals surface area (Å²) in [7, 11) is 0. The van der Waals surface area contributed by atoms with Gasteiger partial charge in [-0.15, -0.1) is 0 Å². The van der Waals surface area contributed by atoms with Crippen LogP contribution >= 0.6 is 11.7 Å². The summed E-state index contributed by atoms with van der Waals surface area (Å²) < 4.78 is 13.5. The first-order valence-electron chi connectivity index (χ1n) is 5.16. The van der Waals surface area contributed by atoms with E-state index in [-0.39, 0.29) is 6.04 Å². The van der Waals surface area contributed by atoms with Gasteiger partial charge in [-0.2, -0.15) is 8.75 Å². The van der Waals surface area contributed by atoms with Crippen LogP contribution < -0.4 is 16.0 Å². The molecule has 0 aliphatic heterocycles. The van der Waals surface area contributed by atoms with Crippen LogP contribution in [0.25, 0.3) is 0 Å². The minimum absolute atomic E-state index is 0.221. The zero-order valence-electron chi connectivity index (χ0n) is 9.33. The van der Waals surface area contributed by atoms with Gasteiger partial charge in [0.15, 0.2) is 0 Å². The molecule has 2 heterocycles. The SMILES string of the molecule is CCOc1cncc(C(NN)c2cnsn2)c1. The molecule has 2 aromatic rings. The quantitative estimate of drug-likeness (QED) is 0.606. The van der Waals surface area contributed by atoms with Gasteiger partial charge in [0, 0.05) is 6.20 Å². The number of hydrogen-bond acceptors (Lipinski definition) is 7. The van der Waals surface area contributed by atoms with E-state index in [1.165, 1.54) is 0 Å². The highest BCUT2D eigenvalue weighted by Crippen LogP contribution is 2.22. The van der Waals surface area contributed by atoms with Crippen molar-refractivity contribution in [2.24, 2.45) is 5.84 Å². The molecule has 1 atom stereocenters. The van der Waals surface area contributed by atoms with Crippen molar-refractivity contribution in [2.45, 2.75) is 13.0 Å². The summed E-state index contributed by atoms with van der Waals surface area (Å²) >= 11 is 1.15. The molecule has 90 valence electrons. The average molecular weight is 251 g/mol. The smallest absolute Gasteiger partial charge is 0.137 e. The molecule has 0 amide bonds. The van der Waals surface area contributed by atoms with Gasteiger partial charge in [0.25, 0.3) is 0 Å². The number of hydrogen-bond donors (Lipinski definition) is 2. The lowest BCUT2D eigenvalue weighted by Gasteiger charge is -2.13. The number of rotatable bonds is 5. The monoisotopic (exact) mass is 251 g/mol. The molecule has 7 heteroatoms. The molecule has 3 N–H and O–H groups in total. The Bertz CT molecular complexity index is 461. The lowest BCUT2D eigenvalue weighted by molar-refractivity contribution is 0.338.